The van der Waals surface area contributed by atoms with Crippen LogP contribution < -0.4 is 10.6 Å². The van der Waals surface area contributed by atoms with E-state index in [0.29, 0.717) is 30.9 Å². The third kappa shape index (κ3) is 6.70. The second kappa shape index (κ2) is 10.2. The van der Waals surface area contributed by atoms with E-state index >= 15 is 0 Å². The number of nitrogens with zero attached hydrogens (tertiary/aromatic N) is 2. The highest BCUT2D eigenvalue weighted by atomic mass is 19.4. The summed E-state index contributed by atoms with van der Waals surface area (Å²) in [6, 6.07) is 7.37. The van der Waals surface area contributed by atoms with Gasteiger partial charge in [-0.05, 0) is 43.4 Å². The Kier molecular flexibility index (Phi) is 7.62. The number of carboxylic acid groups (broad SMARTS) is 1. The predicted molar refractivity (Wildman–Crippen MR) is 111 cm³/mol. The van der Waals surface area contributed by atoms with Crippen LogP contribution >= 0.6 is 0 Å². The average Bonchev–Trinajstić information content (AvgIpc) is 3.13. The molecule has 1 aromatic carbocycles. The van der Waals surface area contributed by atoms with Gasteiger partial charge in [-0.3, -0.25) is 10.1 Å². The van der Waals surface area contributed by atoms with E-state index in [1.54, 1.807) is 6.07 Å². The second-order valence-corrected chi connectivity index (χ2v) is 8.16. The molecule has 0 radical (unpaired) electrons. The number of amides is 1. The molecule has 2 bridgehead atoms. The number of halogens is 4. The van der Waals surface area contributed by atoms with Gasteiger partial charge in [0.1, 0.15) is 5.82 Å². The quantitative estimate of drug-likeness (QED) is 0.577. The number of rotatable bonds is 5. The molecule has 0 saturated carbocycles. The number of carbonyl (C=O) groups excluding carboxylic acids is 1. The van der Waals surface area contributed by atoms with Gasteiger partial charge < -0.3 is 10.4 Å². The number of aryl methyl sites for hydroxylation is 1. The molecule has 7 nitrogen and oxygen atoms in total. The Morgan fingerprint density at radius 3 is 2.70 bits per heavy atom. The smallest absolute Gasteiger partial charge is 0.475 e. The van der Waals surface area contributed by atoms with Crippen LogP contribution in [0.4, 0.5) is 23.5 Å². The normalized spacial score (nSPS) is 19.7. The number of hydrogen-bond acceptors (Lipinski definition) is 5. The van der Waals surface area contributed by atoms with Crippen molar-refractivity contribution in [1.29, 1.82) is 0 Å². The third-order valence-corrected chi connectivity index (χ3v) is 5.64. The van der Waals surface area contributed by atoms with E-state index < -0.39 is 12.1 Å². The number of benzene rings is 1. The van der Waals surface area contributed by atoms with Crippen molar-refractivity contribution < 1.29 is 32.3 Å². The van der Waals surface area contributed by atoms with Crippen LogP contribution in [0.15, 0.2) is 30.5 Å². The first-order valence-corrected chi connectivity index (χ1v) is 10.5. The molecule has 1 fully saturated rings. The zero-order valence-corrected chi connectivity index (χ0v) is 17.8. The number of anilines is 1. The lowest BCUT2D eigenvalue weighted by atomic mass is 10.0. The molecule has 3 heterocycles. The van der Waals surface area contributed by atoms with Crippen LogP contribution in [0.25, 0.3) is 0 Å². The summed E-state index contributed by atoms with van der Waals surface area (Å²) in [5.41, 5.74) is 3.11. The summed E-state index contributed by atoms with van der Waals surface area (Å²) in [7, 11) is 0. The van der Waals surface area contributed by atoms with Crippen LogP contribution in [0.5, 0.6) is 0 Å². The Balaban J connectivity index is 0.000000383. The first-order chi connectivity index (χ1) is 15.5. The largest absolute Gasteiger partial charge is 0.490 e. The fourth-order valence-electron chi connectivity index (χ4n) is 3.84. The molecule has 2 aliphatic heterocycles. The van der Waals surface area contributed by atoms with E-state index in [4.69, 9.17) is 9.90 Å². The Labute approximate surface area is 187 Å². The lowest BCUT2D eigenvalue weighted by molar-refractivity contribution is -0.192. The van der Waals surface area contributed by atoms with Crippen LogP contribution in [0.3, 0.4) is 0 Å². The van der Waals surface area contributed by atoms with Gasteiger partial charge in [0.05, 0.1) is 5.69 Å². The molecule has 2 aliphatic rings. The molecule has 0 spiro atoms. The minimum atomic E-state index is -5.08. The highest BCUT2D eigenvalue weighted by Crippen LogP contribution is 2.34. The van der Waals surface area contributed by atoms with Gasteiger partial charge in [-0.2, -0.15) is 13.2 Å². The van der Waals surface area contributed by atoms with Crippen molar-refractivity contribution in [2.45, 2.75) is 57.3 Å². The van der Waals surface area contributed by atoms with Gasteiger partial charge in [0.2, 0.25) is 11.9 Å². The average molecular weight is 468 g/mol. The number of nitrogens with one attached hydrogen (secondary N) is 2. The van der Waals surface area contributed by atoms with Crippen LogP contribution in [0, 0.1) is 11.7 Å². The lowest BCUT2D eigenvalue weighted by Gasteiger charge is -2.23. The van der Waals surface area contributed by atoms with E-state index in [9.17, 15) is 22.4 Å². The maximum absolute atomic E-state index is 13.2. The zero-order valence-electron chi connectivity index (χ0n) is 17.8. The Morgan fingerprint density at radius 1 is 1.30 bits per heavy atom. The van der Waals surface area contributed by atoms with Gasteiger partial charge in [-0.25, -0.2) is 19.2 Å². The maximum atomic E-state index is 13.2. The van der Waals surface area contributed by atoms with Crippen molar-refractivity contribution in [2.75, 3.05) is 5.32 Å². The lowest BCUT2D eigenvalue weighted by Crippen LogP contribution is -2.33. The number of aliphatic carboxylic acids is 1. The zero-order chi connectivity index (χ0) is 24.2. The van der Waals surface area contributed by atoms with Crippen LogP contribution in [-0.2, 0) is 22.4 Å². The molecule has 11 heteroatoms. The molecule has 4 rings (SSSR count). The van der Waals surface area contributed by atoms with Crippen molar-refractivity contribution in [2.24, 2.45) is 5.92 Å². The van der Waals surface area contributed by atoms with E-state index in [0.717, 1.165) is 29.7 Å². The molecule has 3 N–H and O–H groups in total. The number of carbonyl (C=O) groups is 2. The van der Waals surface area contributed by atoms with E-state index in [-0.39, 0.29) is 17.6 Å². The van der Waals surface area contributed by atoms with Crippen molar-refractivity contribution in [3.63, 3.8) is 0 Å². The molecule has 1 amide bonds. The molecule has 3 atom stereocenters. The third-order valence-electron chi connectivity index (χ3n) is 5.64. The Bertz CT molecular complexity index is 1020. The highest BCUT2D eigenvalue weighted by Gasteiger charge is 2.38. The number of alkyl halides is 3. The van der Waals surface area contributed by atoms with Gasteiger partial charge in [-0.1, -0.05) is 19.1 Å². The first kappa shape index (κ1) is 24.6. The van der Waals surface area contributed by atoms with Crippen LogP contribution in [-0.4, -0.2) is 39.2 Å². The van der Waals surface area contributed by atoms with Gasteiger partial charge >= 0.3 is 12.1 Å². The highest BCUT2D eigenvalue weighted by molar-refractivity contribution is 5.90. The van der Waals surface area contributed by atoms with Gasteiger partial charge in [0.15, 0.2) is 0 Å². The topological polar surface area (TPSA) is 104 Å². The van der Waals surface area contributed by atoms with Crippen LogP contribution in [0.2, 0.25) is 0 Å². The number of carboxylic acids is 1. The molecule has 33 heavy (non-hydrogen) atoms. The monoisotopic (exact) mass is 468 g/mol. The summed E-state index contributed by atoms with van der Waals surface area (Å²) < 4.78 is 45.0. The van der Waals surface area contributed by atoms with Crippen molar-refractivity contribution >= 4 is 17.8 Å². The van der Waals surface area contributed by atoms with Crippen LogP contribution in [0.1, 0.15) is 49.0 Å². The minimum Gasteiger partial charge on any atom is -0.475 e. The summed E-state index contributed by atoms with van der Waals surface area (Å²) in [4.78, 5) is 30.2. The molecular formula is C22H24F4N4O3. The molecule has 1 saturated heterocycles. The fourth-order valence-corrected chi connectivity index (χ4v) is 3.84. The van der Waals surface area contributed by atoms with Gasteiger partial charge in [-0.15, -0.1) is 0 Å². The predicted octanol–water partition coefficient (Wildman–Crippen LogP) is 3.81. The Morgan fingerprint density at radius 2 is 2.03 bits per heavy atom. The Hall–Kier alpha value is -3.08. The molecular weight excluding hydrogens is 444 g/mol. The fraction of sp³-hybridized carbons (Fsp3) is 0.455. The van der Waals surface area contributed by atoms with Gasteiger partial charge in [0.25, 0.3) is 0 Å². The molecule has 1 aromatic heterocycles. The summed E-state index contributed by atoms with van der Waals surface area (Å²) in [6.07, 6.45) is 1.26. The van der Waals surface area contributed by atoms with E-state index in [1.807, 2.05) is 19.2 Å². The summed E-state index contributed by atoms with van der Waals surface area (Å²) in [5.74, 6) is -2.92. The SMILES string of the molecule is CC(CCc1cccc(F)c1)C(=O)Nc1ncc2c(n1)CC1CCC2N1.O=C(O)C(F)(F)F. The molecule has 178 valence electrons. The van der Waals surface area contributed by atoms with Crippen molar-refractivity contribution in [3.8, 4) is 0 Å². The van der Waals surface area contributed by atoms with Crippen molar-refractivity contribution in [3.05, 3.63) is 53.1 Å². The summed E-state index contributed by atoms with van der Waals surface area (Å²) >= 11 is 0. The van der Waals surface area contributed by atoms with Crippen molar-refractivity contribution in [1.82, 2.24) is 15.3 Å². The minimum absolute atomic E-state index is 0.0988. The van der Waals surface area contributed by atoms with E-state index in [2.05, 4.69) is 20.6 Å². The maximum Gasteiger partial charge on any atom is 0.490 e. The molecule has 3 unspecified atom stereocenters. The number of fused-ring (bicyclic) bond motifs is 4. The number of hydrogen-bond donors (Lipinski definition) is 3. The molecule has 0 aliphatic carbocycles. The molecule has 2 aromatic rings. The number of aromatic nitrogens is 2. The first-order valence-electron chi connectivity index (χ1n) is 10.5. The standard InChI is InChI=1S/C20H23FN4O.C2HF3O2/c1-12(5-6-13-3-2-4-14(21)9-13)19(26)25-20-22-11-16-17-8-7-15(23-17)10-18(16)24-20;3-2(4,5)1(6)7/h2-4,9,11-12,15,17,23H,5-8,10H2,1H3,(H,22,24,25,26);(H,6,7). The second-order valence-electron chi connectivity index (χ2n) is 8.16. The summed E-state index contributed by atoms with van der Waals surface area (Å²) in [6.45, 7) is 1.87. The van der Waals surface area contributed by atoms with Gasteiger partial charge in [0, 0.05) is 36.2 Å². The van der Waals surface area contributed by atoms with E-state index in [1.165, 1.54) is 18.6 Å². The summed E-state index contributed by atoms with van der Waals surface area (Å²) in [5, 5.41) is 13.5.